The number of hydrogen-bond donors (Lipinski definition) is 0. The number of allylic oxidation sites excluding steroid dienone is 2. The summed E-state index contributed by atoms with van der Waals surface area (Å²) < 4.78 is 5.67. The smallest absolute Gasteiger partial charge is 0.232 e. The van der Waals surface area contributed by atoms with Gasteiger partial charge in [0, 0.05) is 0 Å². The lowest BCUT2D eigenvalue weighted by Gasteiger charge is -2.28. The minimum absolute atomic E-state index is 0.578. The first-order valence-corrected chi connectivity index (χ1v) is 5.22. The van der Waals surface area contributed by atoms with Crippen LogP contribution >= 0.6 is 0 Å². The molecule has 0 saturated heterocycles. The molecule has 0 fully saturated rings. The Morgan fingerprint density at radius 3 is 2.53 bits per heavy atom. The molecule has 0 aromatic heterocycles. The molecule has 17 heavy (non-hydrogen) atoms. The molecule has 1 aliphatic rings. The molecule has 0 radical (unpaired) electrons. The molecule has 0 saturated carbocycles. The molecule has 82 valence electrons. The lowest BCUT2D eigenvalue weighted by Crippen LogP contribution is -2.40. The quantitative estimate of drug-likeness (QED) is 0.772. The summed E-state index contributed by atoms with van der Waals surface area (Å²) in [5.74, 6) is -0.0213. The van der Waals surface area contributed by atoms with Crippen molar-refractivity contribution in [2.75, 3.05) is 0 Å². The first-order valence-electron chi connectivity index (χ1n) is 5.22. The van der Waals surface area contributed by atoms with Gasteiger partial charge >= 0.3 is 0 Å². The Bertz CT molecular complexity index is 534. The molecule has 0 heterocycles. The van der Waals surface area contributed by atoms with E-state index in [-0.39, 0.29) is 0 Å². The second kappa shape index (κ2) is 4.55. The third-order valence-corrected chi connectivity index (χ3v) is 2.56. The van der Waals surface area contributed by atoms with E-state index in [4.69, 9.17) is 10.00 Å². The summed E-state index contributed by atoms with van der Waals surface area (Å²) in [7, 11) is 0. The highest BCUT2D eigenvalue weighted by molar-refractivity contribution is 5.37. The predicted molar refractivity (Wildman–Crippen MR) is 62.8 cm³/mol. The fourth-order valence-corrected chi connectivity index (χ4v) is 1.67. The van der Waals surface area contributed by atoms with E-state index in [2.05, 4.69) is 12.1 Å². The van der Waals surface area contributed by atoms with Crippen LogP contribution in [0.15, 0.2) is 54.6 Å². The molecule has 2 rings (SSSR count). The second-order valence-electron chi connectivity index (χ2n) is 3.67. The Hall–Kier alpha value is -2.52. The molecule has 1 aliphatic carbocycles. The van der Waals surface area contributed by atoms with Crippen molar-refractivity contribution in [2.45, 2.75) is 5.60 Å². The fourth-order valence-electron chi connectivity index (χ4n) is 1.67. The normalized spacial score (nSPS) is 25.9. The van der Waals surface area contributed by atoms with Gasteiger partial charge in [0.05, 0.1) is 6.07 Å². The Morgan fingerprint density at radius 1 is 1.12 bits per heavy atom. The van der Waals surface area contributed by atoms with Gasteiger partial charge < -0.3 is 4.74 Å². The number of nitrogens with zero attached hydrogens (tertiary/aromatic N) is 2. The van der Waals surface area contributed by atoms with Crippen molar-refractivity contribution in [2.24, 2.45) is 5.92 Å². The number of ether oxygens (including phenoxy) is 1. The minimum atomic E-state index is -1.23. The number of benzene rings is 1. The van der Waals surface area contributed by atoms with Crippen LogP contribution < -0.4 is 4.74 Å². The summed E-state index contributed by atoms with van der Waals surface area (Å²) >= 11 is 0. The van der Waals surface area contributed by atoms with Gasteiger partial charge in [-0.15, -0.1) is 0 Å². The monoisotopic (exact) mass is 222 g/mol. The molecular weight excluding hydrogens is 212 g/mol. The molecule has 2 atom stereocenters. The standard InChI is InChI=1S/C14H10N2O/c15-10-12-6-4-5-9-14(12,11-16)17-13-7-2-1-3-8-13/h1-9,12H. The minimum Gasteiger partial charge on any atom is -0.467 e. The summed E-state index contributed by atoms with van der Waals surface area (Å²) in [6.07, 6.45) is 6.76. The Morgan fingerprint density at radius 2 is 1.88 bits per heavy atom. The number of nitriles is 2. The van der Waals surface area contributed by atoms with E-state index in [1.54, 1.807) is 36.4 Å². The van der Waals surface area contributed by atoms with E-state index in [1.807, 2.05) is 18.2 Å². The van der Waals surface area contributed by atoms with Crippen molar-refractivity contribution in [1.82, 2.24) is 0 Å². The van der Waals surface area contributed by atoms with Gasteiger partial charge in [0.25, 0.3) is 0 Å². The zero-order chi connectivity index (χ0) is 12.1. The van der Waals surface area contributed by atoms with Gasteiger partial charge in [-0.1, -0.05) is 36.4 Å². The average Bonchev–Trinajstić information content (AvgIpc) is 2.40. The zero-order valence-electron chi connectivity index (χ0n) is 9.08. The molecule has 0 amide bonds. The van der Waals surface area contributed by atoms with Crippen molar-refractivity contribution in [3.63, 3.8) is 0 Å². The van der Waals surface area contributed by atoms with Gasteiger partial charge in [0.15, 0.2) is 0 Å². The Kier molecular flexibility index (Phi) is 2.94. The van der Waals surface area contributed by atoms with Gasteiger partial charge in [0.1, 0.15) is 17.7 Å². The van der Waals surface area contributed by atoms with Crippen molar-refractivity contribution in [1.29, 1.82) is 10.5 Å². The van der Waals surface area contributed by atoms with E-state index in [9.17, 15) is 5.26 Å². The average molecular weight is 222 g/mol. The summed E-state index contributed by atoms with van der Waals surface area (Å²) in [5.41, 5.74) is -1.23. The van der Waals surface area contributed by atoms with Gasteiger partial charge in [0.2, 0.25) is 5.60 Å². The van der Waals surface area contributed by atoms with Crippen LogP contribution in [0.4, 0.5) is 0 Å². The first kappa shape index (κ1) is 11.0. The van der Waals surface area contributed by atoms with Crippen molar-refractivity contribution in [3.05, 3.63) is 54.6 Å². The molecule has 3 heteroatoms. The largest absolute Gasteiger partial charge is 0.467 e. The van der Waals surface area contributed by atoms with E-state index < -0.39 is 11.5 Å². The molecule has 2 unspecified atom stereocenters. The van der Waals surface area contributed by atoms with E-state index >= 15 is 0 Å². The molecule has 0 aliphatic heterocycles. The maximum atomic E-state index is 9.29. The van der Waals surface area contributed by atoms with Gasteiger partial charge in [-0.05, 0) is 18.2 Å². The van der Waals surface area contributed by atoms with E-state index in [0.29, 0.717) is 5.75 Å². The third kappa shape index (κ3) is 2.04. The van der Waals surface area contributed by atoms with Gasteiger partial charge in [-0.3, -0.25) is 0 Å². The topological polar surface area (TPSA) is 56.8 Å². The molecule has 0 spiro atoms. The molecule has 0 bridgehead atoms. The van der Waals surface area contributed by atoms with Crippen LogP contribution in [0.3, 0.4) is 0 Å². The van der Waals surface area contributed by atoms with Crippen molar-refractivity contribution < 1.29 is 4.74 Å². The summed E-state index contributed by atoms with van der Waals surface area (Å²) in [4.78, 5) is 0. The van der Waals surface area contributed by atoms with Crippen molar-refractivity contribution in [3.8, 4) is 17.9 Å². The van der Waals surface area contributed by atoms with Crippen LogP contribution in [0, 0.1) is 28.6 Å². The maximum Gasteiger partial charge on any atom is 0.232 e. The Labute approximate surface area is 99.9 Å². The molecule has 1 aromatic rings. The third-order valence-electron chi connectivity index (χ3n) is 2.56. The van der Waals surface area contributed by atoms with Crippen molar-refractivity contribution >= 4 is 0 Å². The number of hydrogen-bond acceptors (Lipinski definition) is 3. The summed E-state index contributed by atoms with van der Waals surface area (Å²) in [5, 5.41) is 18.4. The maximum absolute atomic E-state index is 9.29. The highest BCUT2D eigenvalue weighted by Crippen LogP contribution is 2.29. The first-order chi connectivity index (χ1) is 8.30. The summed E-state index contributed by atoms with van der Waals surface area (Å²) in [6, 6.07) is 13.2. The van der Waals surface area contributed by atoms with E-state index in [0.717, 1.165) is 0 Å². The van der Waals surface area contributed by atoms with Crippen LogP contribution in [0.25, 0.3) is 0 Å². The lowest BCUT2D eigenvalue weighted by atomic mass is 9.85. The van der Waals surface area contributed by atoms with E-state index in [1.165, 1.54) is 0 Å². The predicted octanol–water partition coefficient (Wildman–Crippen LogP) is 2.59. The van der Waals surface area contributed by atoms with Gasteiger partial charge in [-0.25, -0.2) is 0 Å². The van der Waals surface area contributed by atoms with Gasteiger partial charge in [-0.2, -0.15) is 10.5 Å². The summed E-state index contributed by atoms with van der Waals surface area (Å²) in [6.45, 7) is 0. The molecule has 3 nitrogen and oxygen atoms in total. The van der Waals surface area contributed by atoms with Crippen LogP contribution in [0.1, 0.15) is 0 Å². The zero-order valence-corrected chi connectivity index (χ0v) is 9.08. The fraction of sp³-hybridized carbons (Fsp3) is 0.143. The highest BCUT2D eigenvalue weighted by Gasteiger charge is 2.39. The second-order valence-corrected chi connectivity index (χ2v) is 3.67. The van der Waals surface area contributed by atoms with Crippen LogP contribution in [0.2, 0.25) is 0 Å². The number of para-hydroxylation sites is 1. The lowest BCUT2D eigenvalue weighted by molar-refractivity contribution is 0.153. The van der Waals surface area contributed by atoms with Crippen LogP contribution in [0.5, 0.6) is 5.75 Å². The molecule has 0 N–H and O–H groups in total. The SMILES string of the molecule is N#CC1C=CC=CC1(C#N)Oc1ccccc1. The van der Waals surface area contributed by atoms with Crippen LogP contribution in [-0.2, 0) is 0 Å². The van der Waals surface area contributed by atoms with Crippen LogP contribution in [-0.4, -0.2) is 5.60 Å². The number of rotatable bonds is 2. The Balaban J connectivity index is 2.33. The molecular formula is C14H10N2O. The molecule has 1 aromatic carbocycles. The highest BCUT2D eigenvalue weighted by atomic mass is 16.5.